The minimum absolute atomic E-state index is 0.0223. The van der Waals surface area contributed by atoms with E-state index < -0.39 is 75.3 Å². The highest BCUT2D eigenvalue weighted by Gasteiger charge is 2.31. The first-order chi connectivity index (χ1) is 28.0. The Morgan fingerprint density at radius 2 is 1.69 bits per heavy atom. The zero-order valence-corrected chi connectivity index (χ0v) is 38.3. The summed E-state index contributed by atoms with van der Waals surface area (Å²) in [7, 11) is -6.07. The first-order valence-corrected chi connectivity index (χ1v) is 24.3. The van der Waals surface area contributed by atoms with Gasteiger partial charge < -0.3 is 33.8 Å². The summed E-state index contributed by atoms with van der Waals surface area (Å²) in [6.07, 6.45) is 2.81. The number of nitro benzene ring substituents is 1. The molecular formula is C36H48Cl2F3N4O13PS2. The minimum atomic E-state index is -4.62. The van der Waals surface area contributed by atoms with Gasteiger partial charge in [-0.25, -0.2) is 13.1 Å². The van der Waals surface area contributed by atoms with E-state index >= 15 is 0 Å². The first-order valence-electron chi connectivity index (χ1n) is 17.2. The van der Waals surface area contributed by atoms with Crippen LogP contribution in [0.5, 0.6) is 11.5 Å². The van der Waals surface area contributed by atoms with Crippen molar-refractivity contribution < 1.29 is 69.8 Å². The maximum absolute atomic E-state index is 12.7. The third kappa shape index (κ3) is 22.6. The van der Waals surface area contributed by atoms with Crippen LogP contribution in [0.3, 0.4) is 0 Å². The molecule has 0 saturated carbocycles. The fraction of sp³-hybridized carbons (Fsp3) is 0.417. The molecule has 0 aliphatic carbocycles. The fourth-order valence-corrected chi connectivity index (χ4v) is 5.84. The topological polar surface area (TPSA) is 255 Å². The molecule has 0 aliphatic heterocycles. The Morgan fingerprint density at radius 3 is 2.13 bits per heavy atom. The van der Waals surface area contributed by atoms with Gasteiger partial charge in [0.1, 0.15) is 30.5 Å². The molecule has 0 saturated heterocycles. The van der Waals surface area contributed by atoms with Crippen LogP contribution in [0.1, 0.15) is 40.9 Å². The lowest BCUT2D eigenvalue weighted by Gasteiger charge is -2.31. The van der Waals surface area contributed by atoms with E-state index in [2.05, 4.69) is 31.8 Å². The summed E-state index contributed by atoms with van der Waals surface area (Å²) in [4.78, 5) is 63.9. The van der Waals surface area contributed by atoms with Gasteiger partial charge in [-0.3, -0.25) is 29.8 Å². The van der Waals surface area contributed by atoms with Crippen molar-refractivity contribution in [2.75, 3.05) is 62.4 Å². The summed E-state index contributed by atoms with van der Waals surface area (Å²) >= 11 is 11.5. The summed E-state index contributed by atoms with van der Waals surface area (Å²) in [5.74, 6) is -2.96. The molecule has 2 unspecified atom stereocenters. The van der Waals surface area contributed by atoms with Crippen molar-refractivity contribution in [2.45, 2.75) is 39.4 Å². The molecular weight excluding hydrogens is 919 g/mol. The summed E-state index contributed by atoms with van der Waals surface area (Å²) in [6.45, 7) is 6.08. The maximum atomic E-state index is 12.7. The Bertz CT molecular complexity index is 2110. The third-order valence-corrected chi connectivity index (χ3v) is 8.64. The number of aliphatic carboxylic acids is 1. The third-order valence-electron chi connectivity index (χ3n) is 6.94. The number of carboxylic acids is 1. The smallest absolute Gasteiger partial charge is 0.416 e. The number of aryl methyl sites for hydroxylation is 2. The number of hydrogen-bond acceptors (Lipinski definition) is 12. The van der Waals surface area contributed by atoms with Crippen LogP contribution in [-0.4, -0.2) is 105 Å². The van der Waals surface area contributed by atoms with E-state index in [1.807, 2.05) is 31.3 Å². The number of nitro groups is 1. The highest BCUT2D eigenvalue weighted by molar-refractivity contribution is 7.94. The van der Waals surface area contributed by atoms with E-state index in [1.165, 1.54) is 0 Å². The van der Waals surface area contributed by atoms with Gasteiger partial charge in [0.2, 0.25) is 15.9 Å². The van der Waals surface area contributed by atoms with E-state index in [9.17, 15) is 55.5 Å². The molecule has 0 radical (unpaired) electrons. The van der Waals surface area contributed by atoms with E-state index in [1.54, 1.807) is 16.7 Å². The molecule has 0 aromatic heterocycles. The number of carbonyl (C=O) groups is 3. The number of benzene rings is 3. The average molecular weight is 968 g/mol. The molecule has 342 valence electrons. The minimum Gasteiger partial charge on any atom is -0.778 e. The summed E-state index contributed by atoms with van der Waals surface area (Å²) < 4.78 is 82.4. The number of carbonyl (C=O) groups excluding carboxylic acids is 2. The maximum Gasteiger partial charge on any atom is 0.416 e. The number of hydrogen-bond donors (Lipinski definition) is 4. The van der Waals surface area contributed by atoms with Crippen molar-refractivity contribution in [1.82, 2.24) is 10.0 Å². The molecule has 0 aliphatic rings. The Kier molecular flexibility index (Phi) is 24.7. The van der Waals surface area contributed by atoms with Gasteiger partial charge in [-0.2, -0.15) is 13.2 Å². The average Bonchev–Trinajstić information content (AvgIpc) is 3.11. The van der Waals surface area contributed by atoms with Crippen molar-refractivity contribution in [3.8, 4) is 11.5 Å². The molecule has 2 amide bonds. The van der Waals surface area contributed by atoms with Crippen molar-refractivity contribution in [1.29, 1.82) is 0 Å². The highest BCUT2D eigenvalue weighted by Crippen LogP contribution is 2.37. The molecule has 17 nitrogen and oxygen atoms in total. The lowest BCUT2D eigenvalue weighted by atomic mass is 10.0. The number of ether oxygens (including phenoxy) is 2. The molecule has 0 heterocycles. The van der Waals surface area contributed by atoms with E-state index in [4.69, 9.17) is 42.7 Å². The molecule has 0 fully saturated rings. The number of para-hydroxylation sites is 1. The van der Waals surface area contributed by atoms with Gasteiger partial charge in [-0.15, -0.1) is 11.6 Å². The van der Waals surface area contributed by atoms with Gasteiger partial charge in [-0.1, -0.05) is 36.7 Å². The predicted octanol–water partition coefficient (Wildman–Crippen LogP) is 5.57. The van der Waals surface area contributed by atoms with Crippen molar-refractivity contribution in [3.05, 3.63) is 92.0 Å². The van der Waals surface area contributed by atoms with Crippen LogP contribution in [0.15, 0.2) is 54.6 Å². The molecule has 3 aromatic carbocycles. The number of anilines is 1. The predicted molar refractivity (Wildman–Crippen MR) is 228 cm³/mol. The number of methoxy groups -OCH3 is 1. The lowest BCUT2D eigenvalue weighted by Crippen LogP contribution is -2.43. The van der Waals surface area contributed by atoms with E-state index in [0.29, 0.717) is 35.9 Å². The van der Waals surface area contributed by atoms with Crippen LogP contribution >= 0.6 is 30.8 Å². The number of nitrogens with zero attached hydrogens (tertiary/aromatic N) is 2. The molecule has 3 aromatic rings. The van der Waals surface area contributed by atoms with Crippen LogP contribution in [-0.2, 0) is 52.4 Å². The van der Waals surface area contributed by atoms with Gasteiger partial charge in [0.05, 0.1) is 71.7 Å². The first kappa shape index (κ1) is 57.0. The SMILES string of the molecule is CCc1cccc(C)c1N(C(=O)CCl)C(C)COC.CS(=O)(=O)NC(=O)c1cc(Oc2ccc(C(F)(F)F)cc2Cl)ccc1[N+](=O)[O-].C[S+](C)C.O=C(O)CNCP(=O)([O-])O. The monoisotopic (exact) mass is 966 g/mol. The number of amides is 2. The standard InChI is InChI=1S/C15H10ClF3N2O6S.C15H22ClNO2.C3H8NO5P.C3H9S/c1-28(25,26)20-14(22)10-7-9(3-4-12(10)21(23)24)27-13-5-2-8(6-11(13)16)15(17,18)19;1-5-13-8-6-7-11(2)15(13)17(14(18)9-16)12(3)10-19-4;5-3(6)1-4-2-10(7,8)9;1-4(2)3/h2-7H,1H3,(H,20,22);6-8,12H,5,9-10H2,1-4H3;4H,1-2H2,(H,5,6)(H2,7,8,9);1-3H3/q;;;+1/p-1. The van der Waals surface area contributed by atoms with E-state index in [0.717, 1.165) is 47.5 Å². The number of sulfonamides is 1. The molecule has 0 spiro atoms. The van der Waals surface area contributed by atoms with Crippen LogP contribution < -0.4 is 24.6 Å². The van der Waals surface area contributed by atoms with Crippen LogP contribution in [0.25, 0.3) is 0 Å². The molecule has 3 rings (SSSR count). The zero-order chi connectivity index (χ0) is 47.5. The Labute approximate surface area is 364 Å². The summed E-state index contributed by atoms with van der Waals surface area (Å²) in [5, 5.41) is 20.6. The Balaban J connectivity index is 0.000000936. The second-order valence-corrected chi connectivity index (χ2v) is 19.3. The van der Waals surface area contributed by atoms with Crippen molar-refractivity contribution >= 4 is 80.9 Å². The van der Waals surface area contributed by atoms with Gasteiger partial charge in [-0.05, 0) is 66.6 Å². The fourth-order valence-electron chi connectivity index (χ4n) is 4.65. The van der Waals surface area contributed by atoms with Gasteiger partial charge >= 0.3 is 12.1 Å². The number of halogens is 5. The van der Waals surface area contributed by atoms with Gasteiger partial charge in [0, 0.05) is 19.2 Å². The lowest BCUT2D eigenvalue weighted by molar-refractivity contribution is -0.385. The molecule has 4 N–H and O–H groups in total. The van der Waals surface area contributed by atoms with E-state index in [-0.39, 0.29) is 29.3 Å². The second-order valence-electron chi connectivity index (χ2n) is 12.9. The molecule has 0 bridgehead atoms. The van der Waals surface area contributed by atoms with Crippen LogP contribution in [0.2, 0.25) is 5.02 Å². The normalized spacial score (nSPS) is 12.5. The quantitative estimate of drug-likeness (QED) is 0.0478. The van der Waals surface area contributed by atoms with Gasteiger partial charge in [0.15, 0.2) is 0 Å². The molecule has 25 heteroatoms. The van der Waals surface area contributed by atoms with Gasteiger partial charge in [0.25, 0.3) is 11.6 Å². The van der Waals surface area contributed by atoms with Crippen molar-refractivity contribution in [2.24, 2.45) is 0 Å². The number of rotatable bonds is 15. The Morgan fingerprint density at radius 1 is 1.10 bits per heavy atom. The molecule has 2 atom stereocenters. The van der Waals surface area contributed by atoms with Crippen LogP contribution in [0, 0.1) is 17.0 Å². The number of alkyl halides is 4. The summed E-state index contributed by atoms with van der Waals surface area (Å²) in [5.41, 5.74) is 0.868. The molecule has 61 heavy (non-hydrogen) atoms. The van der Waals surface area contributed by atoms with Crippen molar-refractivity contribution in [3.63, 3.8) is 0 Å². The largest absolute Gasteiger partial charge is 0.778 e. The number of nitrogens with one attached hydrogen (secondary N) is 2. The Hall–Kier alpha value is -3.99. The second kappa shape index (κ2) is 26.5. The highest BCUT2D eigenvalue weighted by atomic mass is 35.5. The van der Waals surface area contributed by atoms with Crippen LogP contribution in [0.4, 0.5) is 24.5 Å². The number of carboxylic acid groups (broad SMARTS) is 1. The zero-order valence-electron chi connectivity index (χ0n) is 34.2. The summed E-state index contributed by atoms with van der Waals surface area (Å²) in [6, 6.07) is 11.1.